The molecule has 0 saturated heterocycles. The second-order valence-corrected chi connectivity index (χ2v) is 14.4. The summed E-state index contributed by atoms with van der Waals surface area (Å²) in [7, 11) is 0. The molecule has 4 nitrogen and oxygen atoms in total. The van der Waals surface area contributed by atoms with Crippen molar-refractivity contribution in [3.05, 3.63) is 218 Å². The first kappa shape index (κ1) is 34.0. The van der Waals surface area contributed by atoms with Crippen LogP contribution in [0.15, 0.2) is 212 Å². The van der Waals surface area contributed by atoms with Gasteiger partial charge in [0.25, 0.3) is 0 Å². The maximum Gasteiger partial charge on any atom is 0.0973 e. The number of aromatic nitrogens is 2. The summed E-state index contributed by atoms with van der Waals surface area (Å²) >= 11 is 0. The van der Waals surface area contributed by atoms with Gasteiger partial charge in [-0.25, -0.2) is 9.97 Å². The number of benzene rings is 9. The SMILES string of the molecule is Cc1cccc2nc(-c3ccc(N(c4ccccc4)c4ccc5ccccc5c4)cc3)c(-c3ccc(N(c4ccccc4)c4ccc5ccccc5c4)cc3)nc12. The molecule has 0 amide bonds. The van der Waals surface area contributed by atoms with Gasteiger partial charge in [-0.2, -0.15) is 0 Å². The summed E-state index contributed by atoms with van der Waals surface area (Å²) in [6.07, 6.45) is 0. The highest BCUT2D eigenvalue weighted by Crippen LogP contribution is 2.40. The second-order valence-electron chi connectivity index (χ2n) is 14.4. The van der Waals surface area contributed by atoms with E-state index in [1.165, 1.54) is 21.5 Å². The predicted octanol–water partition coefficient (Wildman–Crippen LogP) is 14.5. The minimum Gasteiger partial charge on any atom is -0.310 e. The zero-order valence-electron chi connectivity index (χ0n) is 31.5. The van der Waals surface area contributed by atoms with Crippen LogP contribution in [-0.2, 0) is 0 Å². The van der Waals surface area contributed by atoms with Gasteiger partial charge in [0.2, 0.25) is 0 Å². The van der Waals surface area contributed by atoms with Gasteiger partial charge in [0.1, 0.15) is 0 Å². The van der Waals surface area contributed by atoms with Gasteiger partial charge in [-0.05, 0) is 113 Å². The molecule has 57 heavy (non-hydrogen) atoms. The van der Waals surface area contributed by atoms with Gasteiger partial charge >= 0.3 is 0 Å². The van der Waals surface area contributed by atoms with E-state index in [0.717, 1.165) is 73.2 Å². The number of hydrogen-bond acceptors (Lipinski definition) is 4. The molecule has 0 saturated carbocycles. The fourth-order valence-corrected chi connectivity index (χ4v) is 7.84. The molecule has 0 aliphatic rings. The summed E-state index contributed by atoms with van der Waals surface area (Å²) in [6, 6.07) is 75.0. The average Bonchev–Trinajstić information content (AvgIpc) is 3.27. The Bertz CT molecular complexity index is 3010. The van der Waals surface area contributed by atoms with E-state index in [2.05, 4.69) is 229 Å². The number of hydrogen-bond donors (Lipinski definition) is 0. The van der Waals surface area contributed by atoms with E-state index >= 15 is 0 Å². The summed E-state index contributed by atoms with van der Waals surface area (Å²) in [5.41, 5.74) is 13.1. The number of aryl methyl sites for hydroxylation is 1. The molecule has 10 rings (SSSR count). The van der Waals surface area contributed by atoms with Crippen molar-refractivity contribution in [2.75, 3.05) is 9.80 Å². The van der Waals surface area contributed by atoms with Crippen LogP contribution in [0.4, 0.5) is 34.1 Å². The third kappa shape index (κ3) is 6.53. The standard InChI is InChI=1S/C53H38N4/c1-37-13-12-22-50-51(37)55-53(41-27-31-47(32-28-41)57(45-20-6-3-7-21-45)49-34-24-39-15-9-11-17-43(39)36-49)52(54-50)40-25-29-46(30-26-40)56(44-18-4-2-5-19-44)48-33-23-38-14-8-10-16-42(38)35-48/h2-36H,1H3. The van der Waals surface area contributed by atoms with Gasteiger partial charge in [-0.3, -0.25) is 0 Å². The van der Waals surface area contributed by atoms with Crippen LogP contribution in [0, 0.1) is 6.92 Å². The van der Waals surface area contributed by atoms with Crippen LogP contribution < -0.4 is 9.80 Å². The minimum atomic E-state index is 0.846. The Morgan fingerprint density at radius 3 is 1.21 bits per heavy atom. The zero-order chi connectivity index (χ0) is 38.1. The highest BCUT2D eigenvalue weighted by molar-refractivity contribution is 5.92. The number of fused-ring (bicyclic) bond motifs is 3. The topological polar surface area (TPSA) is 32.3 Å². The molecule has 1 heterocycles. The number of para-hydroxylation sites is 3. The van der Waals surface area contributed by atoms with Crippen LogP contribution in [0.5, 0.6) is 0 Å². The lowest BCUT2D eigenvalue weighted by molar-refractivity contribution is 1.26. The van der Waals surface area contributed by atoms with Gasteiger partial charge < -0.3 is 9.80 Å². The molecule has 0 unspecified atom stereocenters. The molecule has 0 N–H and O–H groups in total. The fourth-order valence-electron chi connectivity index (χ4n) is 7.84. The van der Waals surface area contributed by atoms with Crippen LogP contribution in [0.1, 0.15) is 5.56 Å². The largest absolute Gasteiger partial charge is 0.310 e. The monoisotopic (exact) mass is 730 g/mol. The highest BCUT2D eigenvalue weighted by atomic mass is 15.1. The van der Waals surface area contributed by atoms with E-state index < -0.39 is 0 Å². The van der Waals surface area contributed by atoms with Crippen LogP contribution in [0.2, 0.25) is 0 Å². The van der Waals surface area contributed by atoms with E-state index in [1.54, 1.807) is 0 Å². The molecular weight excluding hydrogens is 693 g/mol. The zero-order valence-corrected chi connectivity index (χ0v) is 31.5. The Hall–Kier alpha value is -7.56. The van der Waals surface area contributed by atoms with Crippen LogP contribution in [-0.4, -0.2) is 9.97 Å². The molecule has 10 aromatic rings. The van der Waals surface area contributed by atoms with Crippen molar-refractivity contribution in [3.63, 3.8) is 0 Å². The van der Waals surface area contributed by atoms with Gasteiger partial charge in [0.05, 0.1) is 22.4 Å². The molecule has 0 atom stereocenters. The lowest BCUT2D eigenvalue weighted by atomic mass is 10.0. The van der Waals surface area contributed by atoms with Crippen molar-refractivity contribution >= 4 is 66.7 Å². The quantitative estimate of drug-likeness (QED) is 0.156. The Morgan fingerprint density at radius 1 is 0.316 bits per heavy atom. The van der Waals surface area contributed by atoms with Gasteiger partial charge in [-0.1, -0.05) is 133 Å². The maximum absolute atomic E-state index is 5.34. The van der Waals surface area contributed by atoms with Crippen molar-refractivity contribution in [1.82, 2.24) is 9.97 Å². The van der Waals surface area contributed by atoms with Crippen LogP contribution >= 0.6 is 0 Å². The van der Waals surface area contributed by atoms with Crippen molar-refractivity contribution in [3.8, 4) is 22.5 Å². The summed E-state index contributed by atoms with van der Waals surface area (Å²) in [4.78, 5) is 15.3. The third-order valence-corrected chi connectivity index (χ3v) is 10.7. The molecule has 0 radical (unpaired) electrons. The van der Waals surface area contributed by atoms with Crippen LogP contribution in [0.3, 0.4) is 0 Å². The predicted molar refractivity (Wildman–Crippen MR) is 240 cm³/mol. The lowest BCUT2D eigenvalue weighted by Crippen LogP contribution is -2.10. The number of rotatable bonds is 8. The molecule has 0 bridgehead atoms. The molecule has 0 aliphatic carbocycles. The van der Waals surface area contributed by atoms with Gasteiger partial charge in [-0.15, -0.1) is 0 Å². The number of nitrogens with zero attached hydrogens (tertiary/aromatic N) is 4. The fraction of sp³-hybridized carbons (Fsp3) is 0.0189. The van der Waals surface area contributed by atoms with Crippen molar-refractivity contribution in [2.24, 2.45) is 0 Å². The van der Waals surface area contributed by atoms with E-state index in [9.17, 15) is 0 Å². The van der Waals surface area contributed by atoms with Crippen molar-refractivity contribution in [1.29, 1.82) is 0 Å². The normalized spacial score (nSPS) is 11.2. The van der Waals surface area contributed by atoms with Crippen molar-refractivity contribution in [2.45, 2.75) is 6.92 Å². The van der Waals surface area contributed by atoms with E-state index in [1.807, 2.05) is 0 Å². The first-order chi connectivity index (χ1) is 28.2. The summed E-state index contributed by atoms with van der Waals surface area (Å²) in [5.74, 6) is 0. The Labute approximate surface area is 332 Å². The smallest absolute Gasteiger partial charge is 0.0973 e. The summed E-state index contributed by atoms with van der Waals surface area (Å²) in [5, 5.41) is 4.84. The van der Waals surface area contributed by atoms with Crippen LogP contribution in [0.25, 0.3) is 55.1 Å². The maximum atomic E-state index is 5.34. The van der Waals surface area contributed by atoms with E-state index in [0.29, 0.717) is 0 Å². The van der Waals surface area contributed by atoms with Crippen molar-refractivity contribution < 1.29 is 0 Å². The molecule has 0 fully saturated rings. The first-order valence-electron chi connectivity index (χ1n) is 19.3. The Balaban J connectivity index is 1.06. The highest BCUT2D eigenvalue weighted by Gasteiger charge is 2.19. The Kier molecular flexibility index (Phi) is 8.69. The molecule has 4 heteroatoms. The molecule has 0 aliphatic heterocycles. The minimum absolute atomic E-state index is 0.846. The van der Waals surface area contributed by atoms with Gasteiger partial charge in [0.15, 0.2) is 0 Å². The third-order valence-electron chi connectivity index (χ3n) is 10.7. The van der Waals surface area contributed by atoms with E-state index in [-0.39, 0.29) is 0 Å². The van der Waals surface area contributed by atoms with Gasteiger partial charge in [0, 0.05) is 45.3 Å². The van der Waals surface area contributed by atoms with E-state index in [4.69, 9.17) is 9.97 Å². The average molecular weight is 731 g/mol. The number of anilines is 6. The summed E-state index contributed by atoms with van der Waals surface area (Å²) in [6.45, 7) is 2.10. The molecular formula is C53H38N4. The molecule has 1 aromatic heterocycles. The first-order valence-corrected chi connectivity index (χ1v) is 19.3. The lowest BCUT2D eigenvalue weighted by Gasteiger charge is -2.26. The molecule has 0 spiro atoms. The second kappa shape index (κ2) is 14.6. The Morgan fingerprint density at radius 2 is 0.719 bits per heavy atom. The molecule has 9 aromatic carbocycles. The summed E-state index contributed by atoms with van der Waals surface area (Å²) < 4.78 is 0. The molecule has 270 valence electrons.